The van der Waals surface area contributed by atoms with Crippen LogP contribution in [0, 0.1) is 25.5 Å². The smallest absolute Gasteiger partial charge is 0.129 e. The lowest BCUT2D eigenvalue weighted by atomic mass is 10.1. The Morgan fingerprint density at radius 1 is 0.917 bits per heavy atom. The van der Waals surface area contributed by atoms with Crippen molar-refractivity contribution in [3.8, 4) is 0 Å². The lowest BCUT2D eigenvalue weighted by molar-refractivity contribution is 0.584. The van der Waals surface area contributed by atoms with Gasteiger partial charge >= 0.3 is 0 Å². The molecule has 0 amide bonds. The topological polar surface area (TPSA) is 0 Å². The molecular formula is C10H14F2. The average molecular weight is 172 g/mol. The van der Waals surface area contributed by atoms with Gasteiger partial charge in [0.1, 0.15) is 11.6 Å². The second-order valence-electron chi connectivity index (χ2n) is 2.35. The van der Waals surface area contributed by atoms with E-state index in [-0.39, 0.29) is 11.6 Å². The largest absolute Gasteiger partial charge is 0.207 e. The highest BCUT2D eigenvalue weighted by Crippen LogP contribution is 2.12. The van der Waals surface area contributed by atoms with E-state index in [9.17, 15) is 8.78 Å². The molecule has 0 saturated carbocycles. The van der Waals surface area contributed by atoms with Crippen molar-refractivity contribution in [2.24, 2.45) is 0 Å². The van der Waals surface area contributed by atoms with Crippen LogP contribution in [0.3, 0.4) is 0 Å². The van der Waals surface area contributed by atoms with Crippen LogP contribution >= 0.6 is 0 Å². The van der Waals surface area contributed by atoms with Crippen LogP contribution in [-0.2, 0) is 0 Å². The van der Waals surface area contributed by atoms with Crippen molar-refractivity contribution >= 4 is 0 Å². The summed E-state index contributed by atoms with van der Waals surface area (Å²) < 4.78 is 25.2. The SMILES string of the molecule is CC.Cc1cc(F)cc(C)c1F. The summed E-state index contributed by atoms with van der Waals surface area (Å²) in [6.45, 7) is 7.09. The Balaban J connectivity index is 0.000000561. The standard InChI is InChI=1S/C8H8F2.C2H6/c1-5-3-7(9)4-6(2)8(5)10;1-2/h3-4H,1-2H3;1-2H3. The molecule has 0 bridgehead atoms. The number of hydrogen-bond donors (Lipinski definition) is 0. The fraction of sp³-hybridized carbons (Fsp3) is 0.400. The predicted molar refractivity (Wildman–Crippen MR) is 47.2 cm³/mol. The van der Waals surface area contributed by atoms with Gasteiger partial charge in [-0.25, -0.2) is 8.78 Å². The maximum absolute atomic E-state index is 12.7. The minimum atomic E-state index is -0.378. The first-order valence-electron chi connectivity index (χ1n) is 4.03. The molecular weight excluding hydrogens is 158 g/mol. The maximum atomic E-state index is 12.7. The summed E-state index contributed by atoms with van der Waals surface area (Å²) in [6.07, 6.45) is 0. The molecule has 0 atom stereocenters. The van der Waals surface area contributed by atoms with Crippen molar-refractivity contribution in [1.29, 1.82) is 0 Å². The van der Waals surface area contributed by atoms with E-state index in [2.05, 4.69) is 0 Å². The minimum Gasteiger partial charge on any atom is -0.207 e. The van der Waals surface area contributed by atoms with Gasteiger partial charge in [0, 0.05) is 0 Å². The van der Waals surface area contributed by atoms with Crippen molar-refractivity contribution in [3.05, 3.63) is 34.9 Å². The number of rotatable bonds is 0. The highest BCUT2D eigenvalue weighted by molar-refractivity contribution is 5.24. The molecule has 0 unspecified atom stereocenters. The molecule has 0 spiro atoms. The first kappa shape index (κ1) is 11.1. The summed E-state index contributed by atoms with van der Waals surface area (Å²) in [5.74, 6) is -0.696. The van der Waals surface area contributed by atoms with Gasteiger partial charge in [-0.1, -0.05) is 13.8 Å². The Hall–Kier alpha value is -0.920. The Bertz CT molecular complexity index is 231. The zero-order valence-electron chi connectivity index (χ0n) is 7.91. The van der Waals surface area contributed by atoms with Crippen LogP contribution in [0.2, 0.25) is 0 Å². The molecule has 0 aliphatic carbocycles. The van der Waals surface area contributed by atoms with Gasteiger partial charge in [0.2, 0.25) is 0 Å². The number of hydrogen-bond acceptors (Lipinski definition) is 0. The Labute approximate surface area is 72.2 Å². The molecule has 0 aliphatic heterocycles. The molecule has 0 N–H and O–H groups in total. The molecule has 1 rings (SSSR count). The Kier molecular flexibility index (Phi) is 4.49. The zero-order chi connectivity index (χ0) is 9.72. The molecule has 0 aromatic heterocycles. The summed E-state index contributed by atoms with van der Waals surface area (Å²) in [5, 5.41) is 0. The van der Waals surface area contributed by atoms with Gasteiger partial charge in [-0.15, -0.1) is 0 Å². The van der Waals surface area contributed by atoms with E-state index in [0.29, 0.717) is 11.1 Å². The summed E-state index contributed by atoms with van der Waals surface area (Å²) in [6, 6.07) is 2.37. The van der Waals surface area contributed by atoms with E-state index in [1.807, 2.05) is 13.8 Å². The van der Waals surface area contributed by atoms with Crippen molar-refractivity contribution in [3.63, 3.8) is 0 Å². The molecule has 2 heteroatoms. The van der Waals surface area contributed by atoms with E-state index in [1.165, 1.54) is 12.1 Å². The van der Waals surface area contributed by atoms with Crippen molar-refractivity contribution in [1.82, 2.24) is 0 Å². The van der Waals surface area contributed by atoms with Gasteiger partial charge in [0.25, 0.3) is 0 Å². The van der Waals surface area contributed by atoms with Crippen LogP contribution in [0.15, 0.2) is 12.1 Å². The van der Waals surface area contributed by atoms with Crippen LogP contribution in [0.5, 0.6) is 0 Å². The summed E-state index contributed by atoms with van der Waals surface area (Å²) in [4.78, 5) is 0. The average Bonchev–Trinajstić information content (AvgIpc) is 2.04. The third-order valence-corrected chi connectivity index (χ3v) is 1.40. The molecule has 1 aromatic rings. The van der Waals surface area contributed by atoms with Gasteiger partial charge in [-0.3, -0.25) is 0 Å². The van der Waals surface area contributed by atoms with E-state index in [1.54, 1.807) is 13.8 Å². The lowest BCUT2D eigenvalue weighted by Crippen LogP contribution is -1.88. The first-order chi connectivity index (χ1) is 5.61. The fourth-order valence-corrected chi connectivity index (χ4v) is 0.893. The second-order valence-corrected chi connectivity index (χ2v) is 2.35. The molecule has 0 radical (unpaired) electrons. The van der Waals surface area contributed by atoms with Crippen LogP contribution in [0.4, 0.5) is 8.78 Å². The lowest BCUT2D eigenvalue weighted by Gasteiger charge is -1.99. The molecule has 0 heterocycles. The maximum Gasteiger partial charge on any atom is 0.129 e. The van der Waals surface area contributed by atoms with Crippen molar-refractivity contribution in [2.75, 3.05) is 0 Å². The quantitative estimate of drug-likeness (QED) is 0.560. The number of aryl methyl sites for hydroxylation is 2. The van der Waals surface area contributed by atoms with E-state index in [4.69, 9.17) is 0 Å². The van der Waals surface area contributed by atoms with E-state index in [0.717, 1.165) is 0 Å². The molecule has 1 aromatic carbocycles. The van der Waals surface area contributed by atoms with Gasteiger partial charge in [-0.2, -0.15) is 0 Å². The van der Waals surface area contributed by atoms with Gasteiger partial charge < -0.3 is 0 Å². The second kappa shape index (κ2) is 4.86. The third-order valence-electron chi connectivity index (χ3n) is 1.40. The van der Waals surface area contributed by atoms with Gasteiger partial charge in [0.05, 0.1) is 0 Å². The molecule has 0 fully saturated rings. The van der Waals surface area contributed by atoms with Crippen LogP contribution in [0.25, 0.3) is 0 Å². The fourth-order valence-electron chi connectivity index (χ4n) is 0.893. The highest BCUT2D eigenvalue weighted by atomic mass is 19.1. The molecule has 12 heavy (non-hydrogen) atoms. The predicted octanol–water partition coefficient (Wildman–Crippen LogP) is 3.61. The summed E-state index contributed by atoms with van der Waals surface area (Å²) in [5.41, 5.74) is 0.718. The van der Waals surface area contributed by atoms with Crippen molar-refractivity contribution in [2.45, 2.75) is 27.7 Å². The van der Waals surface area contributed by atoms with E-state index >= 15 is 0 Å². The van der Waals surface area contributed by atoms with Crippen LogP contribution < -0.4 is 0 Å². The minimum absolute atomic E-state index is 0.318. The Morgan fingerprint density at radius 2 is 1.25 bits per heavy atom. The van der Waals surface area contributed by atoms with E-state index < -0.39 is 0 Å². The molecule has 68 valence electrons. The van der Waals surface area contributed by atoms with Crippen molar-refractivity contribution < 1.29 is 8.78 Å². The number of benzene rings is 1. The van der Waals surface area contributed by atoms with Gasteiger partial charge in [-0.05, 0) is 37.1 Å². The van der Waals surface area contributed by atoms with Crippen LogP contribution in [0.1, 0.15) is 25.0 Å². The summed E-state index contributed by atoms with van der Waals surface area (Å²) in [7, 11) is 0. The molecule has 0 saturated heterocycles. The van der Waals surface area contributed by atoms with Crippen LogP contribution in [-0.4, -0.2) is 0 Å². The highest BCUT2D eigenvalue weighted by Gasteiger charge is 2.02. The monoisotopic (exact) mass is 172 g/mol. The first-order valence-corrected chi connectivity index (χ1v) is 4.03. The molecule has 0 nitrogen and oxygen atoms in total. The molecule has 0 aliphatic rings. The number of halogens is 2. The Morgan fingerprint density at radius 3 is 1.58 bits per heavy atom. The third kappa shape index (κ3) is 2.61. The summed E-state index contributed by atoms with van der Waals surface area (Å²) >= 11 is 0. The van der Waals surface area contributed by atoms with Gasteiger partial charge in [0.15, 0.2) is 0 Å². The zero-order valence-corrected chi connectivity index (χ0v) is 7.91. The normalized spacial score (nSPS) is 8.83.